The molecule has 1 aromatic rings. The van der Waals surface area contributed by atoms with Gasteiger partial charge in [0.15, 0.2) is 0 Å². The minimum Gasteiger partial charge on any atom is -0.493 e. The zero-order chi connectivity index (χ0) is 16.1. The van der Waals surface area contributed by atoms with Gasteiger partial charge >= 0.3 is 6.03 Å². The van der Waals surface area contributed by atoms with Crippen LogP contribution in [0.2, 0.25) is 0 Å². The lowest BCUT2D eigenvalue weighted by Gasteiger charge is -2.20. The standard InChI is InChI=1S/C17H26N2O3/c1-12-4-7-15(16(8-12)22-11-14-5-6-14)9-18-17(21)19(3)10-13(2)20/h4,7-8,13-14,20H,5-6,9-11H2,1-3H3,(H,18,21). The summed E-state index contributed by atoms with van der Waals surface area (Å²) in [6, 6.07) is 5.83. The van der Waals surface area contributed by atoms with E-state index in [1.54, 1.807) is 14.0 Å². The summed E-state index contributed by atoms with van der Waals surface area (Å²) in [5.74, 6) is 1.55. The van der Waals surface area contributed by atoms with Gasteiger partial charge in [-0.2, -0.15) is 0 Å². The summed E-state index contributed by atoms with van der Waals surface area (Å²) in [4.78, 5) is 13.4. The molecule has 1 fully saturated rings. The molecule has 0 bridgehead atoms. The van der Waals surface area contributed by atoms with Crippen molar-refractivity contribution in [2.24, 2.45) is 5.92 Å². The number of nitrogens with zero attached hydrogens (tertiary/aromatic N) is 1. The first kappa shape index (κ1) is 16.6. The Morgan fingerprint density at radius 2 is 2.23 bits per heavy atom. The topological polar surface area (TPSA) is 61.8 Å². The maximum atomic E-state index is 12.0. The molecule has 22 heavy (non-hydrogen) atoms. The average Bonchev–Trinajstić information content (AvgIpc) is 3.27. The molecule has 2 rings (SSSR count). The summed E-state index contributed by atoms with van der Waals surface area (Å²) in [5, 5.41) is 12.2. The minimum absolute atomic E-state index is 0.199. The van der Waals surface area contributed by atoms with Crippen LogP contribution < -0.4 is 10.1 Å². The summed E-state index contributed by atoms with van der Waals surface area (Å²) in [6.07, 6.45) is 1.97. The van der Waals surface area contributed by atoms with Gasteiger partial charge in [-0.25, -0.2) is 4.79 Å². The molecule has 1 unspecified atom stereocenters. The Bertz CT molecular complexity index is 513. The fourth-order valence-corrected chi connectivity index (χ4v) is 2.22. The number of hydrogen-bond acceptors (Lipinski definition) is 3. The summed E-state index contributed by atoms with van der Waals surface area (Å²) in [5.41, 5.74) is 2.12. The Kier molecular flexibility index (Phi) is 5.66. The number of aliphatic hydroxyl groups excluding tert-OH is 1. The second-order valence-electron chi connectivity index (χ2n) is 6.25. The fraction of sp³-hybridized carbons (Fsp3) is 0.588. The molecule has 1 atom stereocenters. The molecule has 0 saturated heterocycles. The smallest absolute Gasteiger partial charge is 0.317 e. The van der Waals surface area contributed by atoms with Gasteiger partial charge in [0.05, 0.1) is 12.7 Å². The summed E-state index contributed by atoms with van der Waals surface area (Å²) in [6.45, 7) is 5.18. The van der Waals surface area contributed by atoms with Crippen molar-refractivity contribution in [2.45, 2.75) is 39.3 Å². The molecule has 5 nitrogen and oxygen atoms in total. The van der Waals surface area contributed by atoms with Gasteiger partial charge in [0, 0.05) is 25.7 Å². The van der Waals surface area contributed by atoms with E-state index in [1.165, 1.54) is 17.7 Å². The van der Waals surface area contributed by atoms with E-state index in [9.17, 15) is 9.90 Å². The van der Waals surface area contributed by atoms with E-state index < -0.39 is 6.10 Å². The van der Waals surface area contributed by atoms with Crippen molar-refractivity contribution in [3.8, 4) is 5.75 Å². The number of likely N-dealkylation sites (N-methyl/N-ethyl adjacent to an activating group) is 1. The van der Waals surface area contributed by atoms with Gasteiger partial charge in [0.1, 0.15) is 5.75 Å². The molecule has 1 aliphatic rings. The predicted octanol–water partition coefficient (Wildman–Crippen LogP) is 2.31. The fourth-order valence-electron chi connectivity index (χ4n) is 2.22. The molecule has 0 aromatic heterocycles. The molecule has 0 radical (unpaired) electrons. The SMILES string of the molecule is Cc1ccc(CNC(=O)N(C)CC(C)O)c(OCC2CC2)c1. The molecule has 1 saturated carbocycles. The van der Waals surface area contributed by atoms with Gasteiger partial charge in [0.2, 0.25) is 0 Å². The second kappa shape index (κ2) is 7.49. The average molecular weight is 306 g/mol. The van der Waals surface area contributed by atoms with Crippen LogP contribution in [-0.4, -0.2) is 42.3 Å². The van der Waals surface area contributed by atoms with Crippen molar-refractivity contribution >= 4 is 6.03 Å². The van der Waals surface area contributed by atoms with E-state index in [1.807, 2.05) is 25.1 Å². The lowest BCUT2D eigenvalue weighted by molar-refractivity contribution is 0.143. The van der Waals surface area contributed by atoms with Crippen LogP contribution in [0.15, 0.2) is 18.2 Å². The summed E-state index contributed by atoms with van der Waals surface area (Å²) >= 11 is 0. The van der Waals surface area contributed by atoms with Gasteiger partial charge in [-0.3, -0.25) is 0 Å². The highest BCUT2D eigenvalue weighted by Gasteiger charge is 2.22. The van der Waals surface area contributed by atoms with Gasteiger partial charge in [-0.05, 0) is 44.2 Å². The van der Waals surface area contributed by atoms with Crippen molar-refractivity contribution < 1.29 is 14.6 Å². The van der Waals surface area contributed by atoms with Crippen LogP contribution >= 0.6 is 0 Å². The number of nitrogens with one attached hydrogen (secondary N) is 1. The minimum atomic E-state index is -0.535. The van der Waals surface area contributed by atoms with E-state index in [2.05, 4.69) is 5.32 Å². The molecule has 122 valence electrons. The Morgan fingerprint density at radius 1 is 1.50 bits per heavy atom. The van der Waals surface area contributed by atoms with Crippen molar-refractivity contribution in [1.29, 1.82) is 0 Å². The maximum Gasteiger partial charge on any atom is 0.317 e. The van der Waals surface area contributed by atoms with Crippen LogP contribution in [0, 0.1) is 12.8 Å². The number of urea groups is 1. The van der Waals surface area contributed by atoms with Gasteiger partial charge in [0.25, 0.3) is 0 Å². The molecule has 0 spiro atoms. The third-order valence-electron chi connectivity index (χ3n) is 3.71. The molecule has 5 heteroatoms. The highest BCUT2D eigenvalue weighted by molar-refractivity contribution is 5.73. The van der Waals surface area contributed by atoms with E-state index in [-0.39, 0.29) is 6.03 Å². The number of carbonyl (C=O) groups is 1. The number of aryl methyl sites for hydroxylation is 1. The van der Waals surface area contributed by atoms with Crippen LogP contribution in [0.3, 0.4) is 0 Å². The van der Waals surface area contributed by atoms with Gasteiger partial charge in [-0.15, -0.1) is 0 Å². The number of amides is 2. The van der Waals surface area contributed by atoms with E-state index >= 15 is 0 Å². The first-order valence-electron chi connectivity index (χ1n) is 7.85. The van der Waals surface area contributed by atoms with Crippen molar-refractivity contribution in [2.75, 3.05) is 20.2 Å². The number of ether oxygens (including phenoxy) is 1. The quantitative estimate of drug-likeness (QED) is 0.812. The lowest BCUT2D eigenvalue weighted by Crippen LogP contribution is -2.40. The number of hydrogen-bond donors (Lipinski definition) is 2. The largest absolute Gasteiger partial charge is 0.493 e. The Balaban J connectivity index is 1.91. The molecule has 0 aliphatic heterocycles. The molecule has 2 N–H and O–H groups in total. The third kappa shape index (κ3) is 5.22. The van der Waals surface area contributed by atoms with Gasteiger partial charge in [-0.1, -0.05) is 12.1 Å². The monoisotopic (exact) mass is 306 g/mol. The van der Waals surface area contributed by atoms with E-state index in [0.29, 0.717) is 19.0 Å². The van der Waals surface area contributed by atoms with Crippen LogP contribution in [0.4, 0.5) is 4.79 Å². The van der Waals surface area contributed by atoms with Crippen molar-refractivity contribution in [3.63, 3.8) is 0 Å². The van der Waals surface area contributed by atoms with Crippen LogP contribution in [0.5, 0.6) is 5.75 Å². The Morgan fingerprint density at radius 3 is 2.86 bits per heavy atom. The number of aliphatic hydroxyl groups is 1. The first-order valence-corrected chi connectivity index (χ1v) is 7.85. The number of carbonyl (C=O) groups excluding carboxylic acids is 1. The Labute approximate surface area is 132 Å². The first-order chi connectivity index (χ1) is 10.5. The number of rotatable bonds is 7. The van der Waals surface area contributed by atoms with Crippen molar-refractivity contribution in [3.05, 3.63) is 29.3 Å². The van der Waals surface area contributed by atoms with Gasteiger partial charge < -0.3 is 20.1 Å². The van der Waals surface area contributed by atoms with E-state index in [4.69, 9.17) is 4.74 Å². The molecule has 1 aliphatic carbocycles. The normalized spacial score (nSPS) is 15.3. The van der Waals surface area contributed by atoms with Crippen molar-refractivity contribution in [1.82, 2.24) is 10.2 Å². The predicted molar refractivity (Wildman–Crippen MR) is 85.9 cm³/mol. The number of benzene rings is 1. The zero-order valence-electron chi connectivity index (χ0n) is 13.6. The summed E-state index contributed by atoms with van der Waals surface area (Å²) < 4.78 is 5.89. The molecule has 1 aromatic carbocycles. The van der Waals surface area contributed by atoms with E-state index in [0.717, 1.165) is 23.5 Å². The second-order valence-corrected chi connectivity index (χ2v) is 6.25. The lowest BCUT2D eigenvalue weighted by atomic mass is 10.1. The third-order valence-corrected chi connectivity index (χ3v) is 3.71. The summed E-state index contributed by atoms with van der Waals surface area (Å²) in [7, 11) is 1.67. The molecule has 0 heterocycles. The Hall–Kier alpha value is -1.75. The highest BCUT2D eigenvalue weighted by atomic mass is 16.5. The van der Waals surface area contributed by atoms with Crippen LogP contribution in [0.1, 0.15) is 30.9 Å². The maximum absolute atomic E-state index is 12.0. The molecule has 2 amide bonds. The molecular weight excluding hydrogens is 280 g/mol. The zero-order valence-corrected chi connectivity index (χ0v) is 13.6. The van der Waals surface area contributed by atoms with Crippen LogP contribution in [-0.2, 0) is 6.54 Å². The van der Waals surface area contributed by atoms with Crippen LogP contribution in [0.25, 0.3) is 0 Å². The molecular formula is C17H26N2O3. The highest BCUT2D eigenvalue weighted by Crippen LogP contribution is 2.30.